The molecule has 1 unspecified atom stereocenters. The molecule has 0 fully saturated rings. The third-order valence-corrected chi connectivity index (χ3v) is 7.84. The number of nitrogens with one attached hydrogen (secondary N) is 2. The Morgan fingerprint density at radius 1 is 1.15 bits per heavy atom. The second-order valence-electron chi connectivity index (χ2n) is 8.67. The first kappa shape index (κ1) is 26.6. The number of aromatic nitrogens is 1. The summed E-state index contributed by atoms with van der Waals surface area (Å²) in [4.78, 5) is 34.5. The predicted octanol–water partition coefficient (Wildman–Crippen LogP) is 6.41. The fraction of sp³-hybridized carbons (Fsp3) is 0.138. The van der Waals surface area contributed by atoms with Gasteiger partial charge in [0.1, 0.15) is 0 Å². The van der Waals surface area contributed by atoms with Gasteiger partial charge in [-0.15, -0.1) is 11.3 Å². The lowest BCUT2D eigenvalue weighted by atomic mass is 9.90. The van der Waals surface area contributed by atoms with Gasteiger partial charge in [-0.2, -0.15) is 0 Å². The lowest BCUT2D eigenvalue weighted by Crippen LogP contribution is -2.49. The average molecular weight is 608 g/mol. The Balaban J connectivity index is 1.71. The summed E-state index contributed by atoms with van der Waals surface area (Å²) >= 11 is 4.80. The number of rotatable bonds is 8. The smallest absolute Gasteiger partial charge is 0.322 e. The van der Waals surface area contributed by atoms with E-state index in [4.69, 9.17) is 4.74 Å². The fourth-order valence-electron chi connectivity index (χ4n) is 4.54. The molecule has 0 bridgehead atoms. The number of benzene rings is 2. The summed E-state index contributed by atoms with van der Waals surface area (Å²) in [7, 11) is 1.35. The zero-order valence-corrected chi connectivity index (χ0v) is 23.3. The van der Waals surface area contributed by atoms with Gasteiger partial charge in [0.25, 0.3) is 5.91 Å². The number of nitrogens with zero attached hydrogens (tertiary/aromatic N) is 2. The van der Waals surface area contributed by atoms with Crippen LogP contribution in [0.15, 0.2) is 94.5 Å². The quantitative estimate of drug-likeness (QED) is 0.243. The van der Waals surface area contributed by atoms with Gasteiger partial charge in [0, 0.05) is 23.2 Å². The number of carbonyl (C=O) groups is 2. The van der Waals surface area contributed by atoms with Crippen LogP contribution in [0.2, 0.25) is 0 Å². The molecule has 39 heavy (non-hydrogen) atoms. The third-order valence-electron chi connectivity index (χ3n) is 6.30. The van der Waals surface area contributed by atoms with E-state index in [2.05, 4.69) is 31.5 Å². The zero-order valence-electron chi connectivity index (χ0n) is 20.9. The van der Waals surface area contributed by atoms with Gasteiger partial charge in [-0.1, -0.05) is 42.5 Å². The number of carbonyl (C=O) groups excluding carboxylic acids is 2. The Kier molecular flexibility index (Phi) is 8.04. The molecule has 1 aliphatic heterocycles. The van der Waals surface area contributed by atoms with E-state index in [9.17, 15) is 9.59 Å². The lowest BCUT2D eigenvalue weighted by Gasteiger charge is -2.37. The molecule has 2 aromatic carbocycles. The molecular formula is C29H24BrFN4O3S. The van der Waals surface area contributed by atoms with Gasteiger partial charge in [-0.05, 0) is 57.6 Å². The molecule has 1 aliphatic rings. The summed E-state index contributed by atoms with van der Waals surface area (Å²) in [5.74, 6) is -1.16. The molecule has 0 saturated carbocycles. The van der Waals surface area contributed by atoms with Crippen molar-refractivity contribution in [3.63, 3.8) is 0 Å². The van der Waals surface area contributed by atoms with E-state index >= 15 is 4.39 Å². The Morgan fingerprint density at radius 3 is 2.67 bits per heavy atom. The maximum atomic E-state index is 15.1. The molecule has 198 valence electrons. The van der Waals surface area contributed by atoms with Gasteiger partial charge in [-0.25, -0.2) is 9.18 Å². The number of amides is 3. The van der Waals surface area contributed by atoms with Crippen molar-refractivity contribution in [2.75, 3.05) is 19.0 Å². The number of halogens is 2. The average Bonchev–Trinajstić information content (AvgIpc) is 3.48. The highest BCUT2D eigenvalue weighted by molar-refractivity contribution is 9.10. The summed E-state index contributed by atoms with van der Waals surface area (Å²) < 4.78 is 20.8. The highest BCUT2D eigenvalue weighted by Crippen LogP contribution is 2.41. The SMILES string of the molecule is COc1c(C2NC(=O)N(CCc3cccs3)C(c3ccccc3)=C2C(=O)Nc2cccnc2)ccc(Br)c1F. The molecule has 3 heterocycles. The van der Waals surface area contributed by atoms with Crippen LogP contribution in [0.1, 0.15) is 22.0 Å². The van der Waals surface area contributed by atoms with Crippen LogP contribution in [0.5, 0.6) is 5.75 Å². The van der Waals surface area contributed by atoms with Crippen molar-refractivity contribution in [1.29, 1.82) is 0 Å². The number of anilines is 1. The molecule has 0 spiro atoms. The highest BCUT2D eigenvalue weighted by Gasteiger charge is 2.40. The van der Waals surface area contributed by atoms with Gasteiger partial charge in [0.2, 0.25) is 0 Å². The van der Waals surface area contributed by atoms with Gasteiger partial charge < -0.3 is 15.4 Å². The van der Waals surface area contributed by atoms with E-state index in [0.717, 1.165) is 4.88 Å². The maximum absolute atomic E-state index is 15.1. The number of hydrogen-bond acceptors (Lipinski definition) is 5. The molecule has 4 aromatic rings. The minimum absolute atomic E-state index is 0.0687. The van der Waals surface area contributed by atoms with E-state index < -0.39 is 23.8 Å². The molecule has 2 N–H and O–H groups in total. The summed E-state index contributed by atoms with van der Waals surface area (Å²) in [6, 6.07) is 18.4. The van der Waals surface area contributed by atoms with Crippen LogP contribution in [0.3, 0.4) is 0 Å². The van der Waals surface area contributed by atoms with Crippen molar-refractivity contribution in [2.24, 2.45) is 0 Å². The van der Waals surface area contributed by atoms with Gasteiger partial charge in [0.05, 0.1) is 40.8 Å². The van der Waals surface area contributed by atoms with E-state index in [1.165, 1.54) is 19.4 Å². The molecule has 0 saturated heterocycles. The van der Waals surface area contributed by atoms with Crippen molar-refractivity contribution >= 4 is 50.6 Å². The number of pyridine rings is 1. The van der Waals surface area contributed by atoms with E-state index in [1.807, 2.05) is 47.8 Å². The standard InChI is InChI=1S/C29H24BrFN4O3S/c1-38-27-21(11-12-22(30)24(27)31)25-23(28(36)33-19-9-5-14-32-17-19)26(18-7-3-2-4-8-18)35(29(37)34-25)15-13-20-10-6-16-39-20/h2-12,14,16-17,25H,13,15H2,1H3,(H,33,36)(H,34,37). The van der Waals surface area contributed by atoms with Crippen LogP contribution >= 0.6 is 27.3 Å². The van der Waals surface area contributed by atoms with E-state index in [-0.39, 0.29) is 15.8 Å². The summed E-state index contributed by atoms with van der Waals surface area (Å²) in [5.41, 5.74) is 2.16. The molecule has 2 aromatic heterocycles. The maximum Gasteiger partial charge on any atom is 0.322 e. The first-order chi connectivity index (χ1) is 19.0. The Bertz CT molecular complexity index is 1510. The monoisotopic (exact) mass is 606 g/mol. The van der Waals surface area contributed by atoms with Crippen LogP contribution in [0.4, 0.5) is 14.9 Å². The van der Waals surface area contributed by atoms with Crippen molar-refractivity contribution in [3.8, 4) is 5.75 Å². The van der Waals surface area contributed by atoms with Crippen molar-refractivity contribution in [1.82, 2.24) is 15.2 Å². The topological polar surface area (TPSA) is 83.6 Å². The molecule has 1 atom stereocenters. The molecule has 7 nitrogen and oxygen atoms in total. The Morgan fingerprint density at radius 2 is 1.97 bits per heavy atom. The van der Waals surface area contributed by atoms with Crippen LogP contribution in [-0.4, -0.2) is 35.5 Å². The predicted molar refractivity (Wildman–Crippen MR) is 153 cm³/mol. The number of urea groups is 1. The first-order valence-corrected chi connectivity index (χ1v) is 13.8. The molecule has 3 amide bonds. The van der Waals surface area contributed by atoms with Crippen LogP contribution in [0, 0.1) is 5.82 Å². The van der Waals surface area contributed by atoms with Crippen LogP contribution in [0.25, 0.3) is 5.70 Å². The Hall–Kier alpha value is -4.02. The number of methoxy groups -OCH3 is 1. The molecular weight excluding hydrogens is 583 g/mol. The normalized spacial score (nSPS) is 15.2. The van der Waals surface area contributed by atoms with Gasteiger partial charge in [0.15, 0.2) is 11.6 Å². The largest absolute Gasteiger partial charge is 0.493 e. The first-order valence-electron chi connectivity index (χ1n) is 12.1. The molecule has 0 aliphatic carbocycles. The number of thiophene rings is 1. The highest BCUT2D eigenvalue weighted by atomic mass is 79.9. The number of hydrogen-bond donors (Lipinski definition) is 2. The van der Waals surface area contributed by atoms with Crippen molar-refractivity contribution in [3.05, 3.63) is 116 Å². The zero-order chi connectivity index (χ0) is 27.4. The van der Waals surface area contributed by atoms with Crippen LogP contribution in [-0.2, 0) is 11.2 Å². The van der Waals surface area contributed by atoms with E-state index in [1.54, 1.807) is 40.6 Å². The summed E-state index contributed by atoms with van der Waals surface area (Å²) in [6.45, 7) is 0.332. The van der Waals surface area contributed by atoms with E-state index in [0.29, 0.717) is 35.5 Å². The molecule has 10 heteroatoms. The number of ether oxygens (including phenoxy) is 1. The minimum atomic E-state index is -1.00. The third kappa shape index (κ3) is 5.57. The van der Waals surface area contributed by atoms with Gasteiger partial charge in [-0.3, -0.25) is 14.7 Å². The summed E-state index contributed by atoms with van der Waals surface area (Å²) in [5, 5.41) is 7.83. The Labute approximate surface area is 237 Å². The summed E-state index contributed by atoms with van der Waals surface area (Å²) in [6.07, 6.45) is 3.74. The second-order valence-corrected chi connectivity index (χ2v) is 10.6. The lowest BCUT2D eigenvalue weighted by molar-refractivity contribution is -0.113. The van der Waals surface area contributed by atoms with Gasteiger partial charge >= 0.3 is 6.03 Å². The fourth-order valence-corrected chi connectivity index (χ4v) is 5.55. The van der Waals surface area contributed by atoms with Crippen LogP contribution < -0.4 is 15.4 Å². The second kappa shape index (κ2) is 11.8. The minimum Gasteiger partial charge on any atom is -0.493 e. The van der Waals surface area contributed by atoms with Crippen molar-refractivity contribution in [2.45, 2.75) is 12.5 Å². The molecule has 0 radical (unpaired) electrons. The van der Waals surface area contributed by atoms with Crippen molar-refractivity contribution < 1.29 is 18.7 Å². The molecule has 5 rings (SSSR count).